The van der Waals surface area contributed by atoms with Crippen molar-refractivity contribution in [1.82, 2.24) is 5.32 Å². The van der Waals surface area contributed by atoms with Crippen LogP contribution in [0.2, 0.25) is 0 Å². The number of aliphatic hydroxyl groups excluding tert-OH is 1. The molecule has 2 rings (SSSR count). The smallest absolute Gasteiger partial charge is 0.319 e. The van der Waals surface area contributed by atoms with Crippen LogP contribution in [0.25, 0.3) is 0 Å². The molecule has 1 aromatic carbocycles. The van der Waals surface area contributed by atoms with Gasteiger partial charge in [-0.05, 0) is 38.8 Å². The molecule has 2 amide bonds. The molecule has 1 aliphatic rings. The third-order valence-corrected chi connectivity index (χ3v) is 3.77. The first-order chi connectivity index (χ1) is 10.5. The van der Waals surface area contributed by atoms with E-state index in [0.29, 0.717) is 5.75 Å². The Balaban J connectivity index is 1.94. The fourth-order valence-corrected chi connectivity index (χ4v) is 2.71. The number of hydrogen-bond acceptors (Lipinski definition) is 3. The molecule has 5 nitrogen and oxygen atoms in total. The number of rotatable bonds is 5. The first kappa shape index (κ1) is 16.5. The molecule has 1 fully saturated rings. The highest BCUT2D eigenvalue weighted by molar-refractivity contribution is 5.89. The summed E-state index contributed by atoms with van der Waals surface area (Å²) in [4.78, 5) is 11.9. The van der Waals surface area contributed by atoms with Gasteiger partial charge in [0.1, 0.15) is 11.6 Å². The third kappa shape index (κ3) is 4.34. The largest absolute Gasteiger partial charge is 0.491 e. The number of amides is 2. The summed E-state index contributed by atoms with van der Waals surface area (Å²) < 4.78 is 19.3. The van der Waals surface area contributed by atoms with Gasteiger partial charge < -0.3 is 20.5 Å². The summed E-state index contributed by atoms with van der Waals surface area (Å²) >= 11 is 0. The van der Waals surface area contributed by atoms with Gasteiger partial charge in [0.2, 0.25) is 0 Å². The second-order valence-corrected chi connectivity index (χ2v) is 5.89. The van der Waals surface area contributed by atoms with Gasteiger partial charge in [-0.25, -0.2) is 9.18 Å². The van der Waals surface area contributed by atoms with Gasteiger partial charge in [-0.3, -0.25) is 0 Å². The van der Waals surface area contributed by atoms with E-state index in [1.807, 2.05) is 13.8 Å². The topological polar surface area (TPSA) is 70.6 Å². The van der Waals surface area contributed by atoms with E-state index in [2.05, 4.69) is 10.6 Å². The van der Waals surface area contributed by atoms with Crippen LogP contribution in [-0.4, -0.2) is 29.9 Å². The van der Waals surface area contributed by atoms with Crippen molar-refractivity contribution in [3.63, 3.8) is 0 Å². The molecule has 3 N–H and O–H groups in total. The fraction of sp³-hybridized carbons (Fsp3) is 0.562. The van der Waals surface area contributed by atoms with E-state index in [-0.39, 0.29) is 30.4 Å². The van der Waals surface area contributed by atoms with Crippen LogP contribution in [0, 0.1) is 11.7 Å². The normalized spacial score (nSPS) is 21.0. The SMILES string of the molecule is CC(C)Oc1ccc(NC(=O)N[C@@H]2CCC[C@@H]2CO)c(F)c1. The summed E-state index contributed by atoms with van der Waals surface area (Å²) in [6, 6.07) is 3.83. The Hall–Kier alpha value is -1.82. The molecule has 2 atom stereocenters. The Morgan fingerprint density at radius 2 is 2.23 bits per heavy atom. The fourth-order valence-electron chi connectivity index (χ4n) is 2.71. The molecule has 0 spiro atoms. The molecule has 0 aromatic heterocycles. The summed E-state index contributed by atoms with van der Waals surface area (Å²) in [6.07, 6.45) is 2.67. The molecular weight excluding hydrogens is 287 g/mol. The van der Waals surface area contributed by atoms with Crippen LogP contribution >= 0.6 is 0 Å². The Morgan fingerprint density at radius 3 is 2.86 bits per heavy atom. The van der Waals surface area contributed by atoms with Gasteiger partial charge in [-0.2, -0.15) is 0 Å². The second kappa shape index (κ2) is 7.45. The van der Waals surface area contributed by atoms with Crippen molar-refractivity contribution in [3.8, 4) is 5.75 Å². The van der Waals surface area contributed by atoms with Crippen molar-refractivity contribution in [2.24, 2.45) is 5.92 Å². The zero-order chi connectivity index (χ0) is 16.1. The molecular formula is C16H23FN2O3. The van der Waals surface area contributed by atoms with Crippen LogP contribution in [0.4, 0.5) is 14.9 Å². The van der Waals surface area contributed by atoms with Crippen LogP contribution in [0.15, 0.2) is 18.2 Å². The zero-order valence-electron chi connectivity index (χ0n) is 12.9. The molecule has 0 bridgehead atoms. The minimum absolute atomic E-state index is 0.0423. The highest BCUT2D eigenvalue weighted by Crippen LogP contribution is 2.25. The number of aliphatic hydroxyl groups is 1. The van der Waals surface area contributed by atoms with Gasteiger partial charge in [0.25, 0.3) is 0 Å². The number of halogens is 1. The molecule has 22 heavy (non-hydrogen) atoms. The van der Waals surface area contributed by atoms with E-state index >= 15 is 0 Å². The molecule has 1 aliphatic carbocycles. The van der Waals surface area contributed by atoms with E-state index < -0.39 is 11.8 Å². The van der Waals surface area contributed by atoms with Crippen molar-refractivity contribution in [2.45, 2.75) is 45.3 Å². The second-order valence-electron chi connectivity index (χ2n) is 5.89. The number of hydrogen-bond donors (Lipinski definition) is 3. The number of anilines is 1. The standard InChI is InChI=1S/C16H23FN2O3/c1-10(2)22-12-6-7-15(13(17)8-12)19-16(21)18-14-5-3-4-11(14)9-20/h6-8,10-11,14,20H,3-5,9H2,1-2H3,(H2,18,19,21)/t11-,14-/m1/s1. The maximum atomic E-state index is 14.0. The quantitative estimate of drug-likeness (QED) is 0.783. The van der Waals surface area contributed by atoms with Crippen LogP contribution in [0.3, 0.4) is 0 Å². The highest BCUT2D eigenvalue weighted by atomic mass is 19.1. The van der Waals surface area contributed by atoms with E-state index in [1.54, 1.807) is 6.07 Å². The van der Waals surface area contributed by atoms with Crippen LogP contribution in [0.5, 0.6) is 5.75 Å². The minimum Gasteiger partial charge on any atom is -0.491 e. The number of carbonyl (C=O) groups excluding carboxylic acids is 1. The Morgan fingerprint density at radius 1 is 1.45 bits per heavy atom. The van der Waals surface area contributed by atoms with Crippen LogP contribution in [0.1, 0.15) is 33.1 Å². The Labute approximate surface area is 129 Å². The van der Waals surface area contributed by atoms with Crippen molar-refractivity contribution in [2.75, 3.05) is 11.9 Å². The Kier molecular flexibility index (Phi) is 5.60. The molecule has 6 heteroatoms. The lowest BCUT2D eigenvalue weighted by molar-refractivity contribution is 0.203. The van der Waals surface area contributed by atoms with Crippen LogP contribution < -0.4 is 15.4 Å². The molecule has 0 unspecified atom stereocenters. The van der Waals surface area contributed by atoms with Crippen molar-refractivity contribution >= 4 is 11.7 Å². The monoisotopic (exact) mass is 310 g/mol. The lowest BCUT2D eigenvalue weighted by atomic mass is 10.1. The molecule has 122 valence electrons. The minimum atomic E-state index is -0.543. The number of benzene rings is 1. The maximum absolute atomic E-state index is 14.0. The lowest BCUT2D eigenvalue weighted by Gasteiger charge is -2.19. The van der Waals surface area contributed by atoms with E-state index in [4.69, 9.17) is 4.74 Å². The summed E-state index contributed by atoms with van der Waals surface area (Å²) in [5, 5.41) is 14.5. The summed E-state index contributed by atoms with van der Waals surface area (Å²) in [6.45, 7) is 3.77. The van der Waals surface area contributed by atoms with Gasteiger partial charge >= 0.3 is 6.03 Å². The van der Waals surface area contributed by atoms with Crippen molar-refractivity contribution in [3.05, 3.63) is 24.0 Å². The predicted octanol–water partition coefficient (Wildman–Crippen LogP) is 2.90. The molecule has 1 aromatic rings. The number of carbonyl (C=O) groups is 1. The van der Waals surface area contributed by atoms with Gasteiger partial charge in [0, 0.05) is 24.6 Å². The maximum Gasteiger partial charge on any atom is 0.319 e. The average Bonchev–Trinajstić information content (AvgIpc) is 2.88. The molecule has 1 saturated carbocycles. The zero-order valence-corrected chi connectivity index (χ0v) is 12.9. The third-order valence-electron chi connectivity index (χ3n) is 3.77. The average molecular weight is 310 g/mol. The first-order valence-electron chi connectivity index (χ1n) is 7.64. The van der Waals surface area contributed by atoms with E-state index in [9.17, 15) is 14.3 Å². The van der Waals surface area contributed by atoms with E-state index in [0.717, 1.165) is 19.3 Å². The molecule has 0 heterocycles. The number of ether oxygens (including phenoxy) is 1. The Bertz CT molecular complexity index is 522. The van der Waals surface area contributed by atoms with Gasteiger partial charge in [-0.15, -0.1) is 0 Å². The summed E-state index contributed by atoms with van der Waals surface area (Å²) in [5.41, 5.74) is 0.104. The van der Waals surface area contributed by atoms with Gasteiger partial charge in [0.05, 0.1) is 11.8 Å². The molecule has 0 radical (unpaired) electrons. The van der Waals surface area contributed by atoms with E-state index in [1.165, 1.54) is 12.1 Å². The highest BCUT2D eigenvalue weighted by Gasteiger charge is 2.27. The molecule has 0 aliphatic heterocycles. The van der Waals surface area contributed by atoms with Crippen LogP contribution in [-0.2, 0) is 0 Å². The summed E-state index contributed by atoms with van der Waals surface area (Å²) in [7, 11) is 0. The van der Waals surface area contributed by atoms with Crippen molar-refractivity contribution in [1.29, 1.82) is 0 Å². The molecule has 0 saturated heterocycles. The van der Waals surface area contributed by atoms with Gasteiger partial charge in [-0.1, -0.05) is 6.42 Å². The van der Waals surface area contributed by atoms with Crippen molar-refractivity contribution < 1.29 is 19.0 Å². The number of urea groups is 1. The lowest BCUT2D eigenvalue weighted by Crippen LogP contribution is -2.41. The number of nitrogens with one attached hydrogen (secondary N) is 2. The van der Waals surface area contributed by atoms with Gasteiger partial charge in [0.15, 0.2) is 0 Å². The predicted molar refractivity (Wildman–Crippen MR) is 82.5 cm³/mol. The summed E-state index contributed by atoms with van der Waals surface area (Å²) in [5.74, 6) is -0.0366. The first-order valence-corrected chi connectivity index (χ1v) is 7.64.